The van der Waals surface area contributed by atoms with Crippen LogP contribution in [0.2, 0.25) is 0 Å². The van der Waals surface area contributed by atoms with E-state index in [1.54, 1.807) is 0 Å². The third kappa shape index (κ3) is 5.13. The van der Waals surface area contributed by atoms with E-state index in [0.29, 0.717) is 12.3 Å². The van der Waals surface area contributed by atoms with Crippen molar-refractivity contribution in [1.82, 2.24) is 9.88 Å². The maximum absolute atomic E-state index is 11.3. The molecule has 1 aliphatic rings. The second-order valence-electron chi connectivity index (χ2n) is 6.93. The molecule has 0 aliphatic carbocycles. The van der Waals surface area contributed by atoms with E-state index in [2.05, 4.69) is 34.1 Å². The Morgan fingerprint density at radius 3 is 2.68 bits per heavy atom. The van der Waals surface area contributed by atoms with Crippen LogP contribution in [-0.2, 0) is 28.9 Å². The third-order valence-electron chi connectivity index (χ3n) is 4.83. The van der Waals surface area contributed by atoms with Gasteiger partial charge in [0, 0.05) is 18.8 Å². The molecule has 1 aromatic carbocycles. The minimum Gasteiger partial charge on any atom is -0.469 e. The zero-order chi connectivity index (χ0) is 17.6. The van der Waals surface area contributed by atoms with Crippen molar-refractivity contribution in [2.45, 2.75) is 32.7 Å². The van der Waals surface area contributed by atoms with E-state index in [0.717, 1.165) is 43.0 Å². The molecule has 0 spiro atoms. The number of likely N-dealkylation sites (tertiary alicyclic amines) is 1. The zero-order valence-corrected chi connectivity index (χ0v) is 15.1. The molecule has 0 bridgehead atoms. The largest absolute Gasteiger partial charge is 0.469 e. The molecule has 1 fully saturated rings. The maximum Gasteiger partial charge on any atom is 0.309 e. The molecule has 1 saturated heterocycles. The number of ether oxygens (including phenoxy) is 1. The summed E-state index contributed by atoms with van der Waals surface area (Å²) in [5.41, 5.74) is 4.59. The minimum atomic E-state index is -0.191. The number of rotatable bonds is 6. The average Bonchev–Trinajstić information content (AvgIpc) is 3.03. The second-order valence-corrected chi connectivity index (χ2v) is 6.93. The summed E-state index contributed by atoms with van der Waals surface area (Å²) < 4.78 is 4.71. The summed E-state index contributed by atoms with van der Waals surface area (Å²) in [6.45, 7) is 5.25. The van der Waals surface area contributed by atoms with E-state index in [4.69, 9.17) is 4.74 Å². The van der Waals surface area contributed by atoms with E-state index >= 15 is 0 Å². The van der Waals surface area contributed by atoms with Gasteiger partial charge in [-0.25, -0.2) is 0 Å². The first-order valence-electron chi connectivity index (χ1n) is 8.92. The molecule has 0 radical (unpaired) electrons. The topological polar surface area (TPSA) is 42.4 Å². The van der Waals surface area contributed by atoms with Crippen LogP contribution in [0, 0.1) is 12.8 Å². The number of pyridine rings is 1. The summed E-state index contributed by atoms with van der Waals surface area (Å²) in [7, 11) is 1.43. The molecule has 1 aliphatic heterocycles. The van der Waals surface area contributed by atoms with Gasteiger partial charge in [0.25, 0.3) is 0 Å². The van der Waals surface area contributed by atoms with E-state index in [-0.39, 0.29) is 5.97 Å². The van der Waals surface area contributed by atoms with E-state index in [9.17, 15) is 4.79 Å². The molecule has 0 saturated carbocycles. The summed E-state index contributed by atoms with van der Waals surface area (Å²) in [5, 5.41) is 0. The number of methoxy groups -OCH3 is 1. The van der Waals surface area contributed by atoms with Crippen LogP contribution in [0.3, 0.4) is 0 Å². The molecule has 4 nitrogen and oxygen atoms in total. The fourth-order valence-corrected chi connectivity index (χ4v) is 3.51. The number of aromatic nitrogens is 1. The number of carbonyl (C=O) groups is 1. The van der Waals surface area contributed by atoms with E-state index < -0.39 is 0 Å². The highest BCUT2D eigenvalue weighted by molar-refractivity contribution is 5.72. The highest BCUT2D eigenvalue weighted by Gasteiger charge is 2.23. The lowest BCUT2D eigenvalue weighted by molar-refractivity contribution is -0.139. The summed E-state index contributed by atoms with van der Waals surface area (Å²) >= 11 is 0. The molecule has 25 heavy (non-hydrogen) atoms. The Balaban J connectivity index is 1.50. The van der Waals surface area contributed by atoms with E-state index in [1.807, 2.05) is 25.1 Å². The molecular weight excluding hydrogens is 312 g/mol. The van der Waals surface area contributed by atoms with Gasteiger partial charge in [-0.2, -0.15) is 0 Å². The van der Waals surface area contributed by atoms with Crippen molar-refractivity contribution in [3.05, 3.63) is 65.0 Å². The highest BCUT2D eigenvalue weighted by atomic mass is 16.5. The van der Waals surface area contributed by atoms with Crippen LogP contribution in [0.15, 0.2) is 42.5 Å². The number of hydrogen-bond donors (Lipinski definition) is 0. The monoisotopic (exact) mass is 338 g/mol. The van der Waals surface area contributed by atoms with Gasteiger partial charge >= 0.3 is 5.97 Å². The molecule has 2 aromatic rings. The Hall–Kier alpha value is -2.20. The van der Waals surface area contributed by atoms with Crippen molar-refractivity contribution in [2.24, 2.45) is 5.92 Å². The molecule has 1 aromatic heterocycles. The van der Waals surface area contributed by atoms with Crippen LogP contribution in [-0.4, -0.2) is 36.1 Å². The van der Waals surface area contributed by atoms with Gasteiger partial charge in [-0.05, 0) is 55.5 Å². The summed E-state index contributed by atoms with van der Waals surface area (Å²) in [4.78, 5) is 18.4. The van der Waals surface area contributed by atoms with Crippen LogP contribution < -0.4 is 0 Å². The number of esters is 1. The lowest BCUT2D eigenvalue weighted by Gasteiger charge is -2.16. The highest BCUT2D eigenvalue weighted by Crippen LogP contribution is 2.22. The summed E-state index contributed by atoms with van der Waals surface area (Å²) in [6, 6.07) is 14.6. The van der Waals surface area contributed by atoms with Crippen LogP contribution in [0.4, 0.5) is 0 Å². The summed E-state index contributed by atoms with van der Waals surface area (Å²) in [6.07, 6.45) is 2.67. The Labute approximate surface area is 149 Å². The number of nitrogens with zero attached hydrogens (tertiary/aromatic N) is 2. The standard InChI is InChI=1S/C21H26N2O2/c1-16-4-3-5-20(22-16)15-23-11-10-19(14-23)12-17-6-8-18(9-7-17)13-21(24)25-2/h3-9,19H,10-15H2,1-2H3. The van der Waals surface area contributed by atoms with Crippen molar-refractivity contribution in [1.29, 1.82) is 0 Å². The Morgan fingerprint density at radius 2 is 1.96 bits per heavy atom. The third-order valence-corrected chi connectivity index (χ3v) is 4.83. The molecule has 2 heterocycles. The smallest absolute Gasteiger partial charge is 0.309 e. The number of benzene rings is 1. The van der Waals surface area contributed by atoms with Gasteiger partial charge in [0.2, 0.25) is 0 Å². The predicted octanol–water partition coefficient (Wildman–Crippen LogP) is 3.17. The normalized spacial score (nSPS) is 17.6. The summed E-state index contributed by atoms with van der Waals surface area (Å²) in [5.74, 6) is 0.500. The van der Waals surface area contributed by atoms with Crippen molar-refractivity contribution < 1.29 is 9.53 Å². The van der Waals surface area contributed by atoms with Gasteiger partial charge in [0.1, 0.15) is 0 Å². The van der Waals surface area contributed by atoms with Gasteiger partial charge < -0.3 is 4.74 Å². The first-order chi connectivity index (χ1) is 12.1. The van der Waals surface area contributed by atoms with Gasteiger partial charge in [0.15, 0.2) is 0 Å². The van der Waals surface area contributed by atoms with Crippen LogP contribution >= 0.6 is 0 Å². The molecule has 0 amide bonds. The molecule has 0 N–H and O–H groups in total. The Bertz CT molecular complexity index is 712. The van der Waals surface area contributed by atoms with Crippen molar-refractivity contribution >= 4 is 5.97 Å². The Morgan fingerprint density at radius 1 is 1.20 bits per heavy atom. The second kappa shape index (κ2) is 8.26. The van der Waals surface area contributed by atoms with Crippen LogP contribution in [0.25, 0.3) is 0 Å². The molecule has 1 unspecified atom stereocenters. The molecule has 3 rings (SSSR count). The Kier molecular flexibility index (Phi) is 5.82. The number of hydrogen-bond acceptors (Lipinski definition) is 4. The zero-order valence-electron chi connectivity index (χ0n) is 15.1. The molecule has 1 atom stereocenters. The van der Waals surface area contributed by atoms with Gasteiger partial charge in [-0.15, -0.1) is 0 Å². The van der Waals surface area contributed by atoms with Gasteiger partial charge in [-0.1, -0.05) is 30.3 Å². The number of carbonyl (C=O) groups excluding carboxylic acids is 1. The van der Waals surface area contributed by atoms with Gasteiger partial charge in [-0.3, -0.25) is 14.7 Å². The van der Waals surface area contributed by atoms with Crippen LogP contribution in [0.1, 0.15) is 28.9 Å². The average molecular weight is 338 g/mol. The molecule has 4 heteroatoms. The fourth-order valence-electron chi connectivity index (χ4n) is 3.51. The minimum absolute atomic E-state index is 0.191. The number of aryl methyl sites for hydroxylation is 1. The quantitative estimate of drug-likeness (QED) is 0.759. The lowest BCUT2D eigenvalue weighted by atomic mass is 9.97. The van der Waals surface area contributed by atoms with Crippen molar-refractivity contribution in [3.63, 3.8) is 0 Å². The predicted molar refractivity (Wildman–Crippen MR) is 98.2 cm³/mol. The lowest BCUT2D eigenvalue weighted by Crippen LogP contribution is -2.21. The molecular formula is C21H26N2O2. The van der Waals surface area contributed by atoms with Gasteiger partial charge in [0.05, 0.1) is 19.2 Å². The first kappa shape index (κ1) is 17.6. The molecule has 132 valence electrons. The van der Waals surface area contributed by atoms with Crippen molar-refractivity contribution in [3.8, 4) is 0 Å². The van der Waals surface area contributed by atoms with Crippen LogP contribution in [0.5, 0.6) is 0 Å². The first-order valence-corrected chi connectivity index (χ1v) is 8.92. The van der Waals surface area contributed by atoms with Crippen molar-refractivity contribution in [2.75, 3.05) is 20.2 Å². The fraction of sp³-hybridized carbons (Fsp3) is 0.429. The maximum atomic E-state index is 11.3. The SMILES string of the molecule is COC(=O)Cc1ccc(CC2CCN(Cc3cccc(C)n3)C2)cc1. The van der Waals surface area contributed by atoms with E-state index in [1.165, 1.54) is 19.1 Å².